The highest BCUT2D eigenvalue weighted by molar-refractivity contribution is 5.96. The van der Waals surface area contributed by atoms with Crippen LogP contribution in [-0.4, -0.2) is 36.1 Å². The topological polar surface area (TPSA) is 135 Å². The minimum atomic E-state index is -1.05. The molecule has 0 radical (unpaired) electrons. The molecule has 0 saturated carbocycles. The molecule has 0 unspecified atom stereocenters. The first-order valence-electron chi connectivity index (χ1n) is 6.70. The third kappa shape index (κ3) is 3.37. The van der Waals surface area contributed by atoms with Crippen molar-refractivity contribution in [3.05, 3.63) is 51.6 Å². The van der Waals surface area contributed by atoms with Gasteiger partial charge in [-0.05, 0) is 12.1 Å². The van der Waals surface area contributed by atoms with Crippen LogP contribution in [0.5, 0.6) is 0 Å². The predicted octanol–water partition coefficient (Wildman–Crippen LogP) is 1.95. The molecule has 0 saturated heterocycles. The molecule has 0 aliphatic rings. The summed E-state index contributed by atoms with van der Waals surface area (Å²) < 4.78 is 23.2. The van der Waals surface area contributed by atoms with E-state index in [4.69, 9.17) is 5.73 Å². The van der Waals surface area contributed by atoms with Crippen LogP contribution in [0, 0.1) is 15.9 Å². The highest BCUT2D eigenvalue weighted by Gasteiger charge is 2.25. The Morgan fingerprint density at radius 1 is 1.20 bits per heavy atom. The van der Waals surface area contributed by atoms with Gasteiger partial charge in [0, 0.05) is 23.4 Å². The number of carbonyl (C=O) groups is 2. The van der Waals surface area contributed by atoms with Crippen LogP contribution in [0.1, 0.15) is 20.8 Å². The Morgan fingerprint density at radius 2 is 1.84 bits per heavy atom. The quantitative estimate of drug-likeness (QED) is 0.503. The number of esters is 2. The van der Waals surface area contributed by atoms with Crippen LogP contribution >= 0.6 is 0 Å². The van der Waals surface area contributed by atoms with Gasteiger partial charge in [0.1, 0.15) is 11.4 Å². The van der Waals surface area contributed by atoms with Crippen LogP contribution in [-0.2, 0) is 9.47 Å². The maximum atomic E-state index is 14.3. The lowest BCUT2D eigenvalue weighted by molar-refractivity contribution is -0.385. The van der Waals surface area contributed by atoms with Crippen molar-refractivity contribution in [2.24, 2.45) is 0 Å². The zero-order chi connectivity index (χ0) is 18.7. The number of nitrogen functional groups attached to an aromatic ring is 1. The number of nitrogens with zero attached hydrogens (tertiary/aromatic N) is 2. The number of carbonyl (C=O) groups excluding carboxylic acids is 2. The number of anilines is 1. The third-order valence-corrected chi connectivity index (χ3v) is 3.29. The highest BCUT2D eigenvalue weighted by atomic mass is 19.1. The molecule has 9 nitrogen and oxygen atoms in total. The van der Waals surface area contributed by atoms with Crippen molar-refractivity contribution in [1.82, 2.24) is 4.98 Å². The Kier molecular flexibility index (Phi) is 4.92. The molecule has 25 heavy (non-hydrogen) atoms. The smallest absolute Gasteiger partial charge is 0.358 e. The molecule has 0 aliphatic heterocycles. The van der Waals surface area contributed by atoms with Gasteiger partial charge < -0.3 is 15.2 Å². The van der Waals surface area contributed by atoms with Crippen molar-refractivity contribution in [3.8, 4) is 11.1 Å². The van der Waals surface area contributed by atoms with Gasteiger partial charge in [-0.15, -0.1) is 0 Å². The number of ether oxygens (including phenoxy) is 2. The zero-order valence-electron chi connectivity index (χ0n) is 13.1. The van der Waals surface area contributed by atoms with E-state index in [9.17, 15) is 24.1 Å². The Morgan fingerprint density at radius 3 is 2.36 bits per heavy atom. The SMILES string of the molecule is COC(=O)c1cc(F)c(-c2cnc(C(=O)OC)c(N)c2)cc1[N+](=O)[O-]. The number of nitro groups is 1. The first kappa shape index (κ1) is 17.8. The molecule has 2 N–H and O–H groups in total. The lowest BCUT2D eigenvalue weighted by Crippen LogP contribution is -2.09. The summed E-state index contributed by atoms with van der Waals surface area (Å²) in [6, 6.07) is 2.79. The minimum Gasteiger partial charge on any atom is -0.465 e. The molecule has 0 aliphatic carbocycles. The molecule has 130 valence electrons. The number of halogens is 1. The number of pyridine rings is 1. The number of hydrogen-bond acceptors (Lipinski definition) is 8. The third-order valence-electron chi connectivity index (χ3n) is 3.29. The van der Waals surface area contributed by atoms with Gasteiger partial charge in [-0.3, -0.25) is 10.1 Å². The molecule has 10 heteroatoms. The van der Waals surface area contributed by atoms with Gasteiger partial charge in [-0.2, -0.15) is 0 Å². The number of benzene rings is 1. The second kappa shape index (κ2) is 6.91. The average molecular weight is 349 g/mol. The van der Waals surface area contributed by atoms with E-state index in [1.54, 1.807) is 0 Å². The van der Waals surface area contributed by atoms with Crippen molar-refractivity contribution >= 4 is 23.3 Å². The molecule has 0 spiro atoms. The van der Waals surface area contributed by atoms with Crippen molar-refractivity contribution in [2.45, 2.75) is 0 Å². The number of rotatable bonds is 4. The van der Waals surface area contributed by atoms with E-state index in [1.165, 1.54) is 6.07 Å². The number of nitrogens with two attached hydrogens (primary N) is 1. The monoisotopic (exact) mass is 349 g/mol. The summed E-state index contributed by atoms with van der Waals surface area (Å²) in [4.78, 5) is 37.1. The van der Waals surface area contributed by atoms with Crippen molar-refractivity contribution in [3.63, 3.8) is 0 Å². The summed E-state index contributed by atoms with van der Waals surface area (Å²) in [5.41, 5.74) is 4.13. The summed E-state index contributed by atoms with van der Waals surface area (Å²) >= 11 is 0. The van der Waals surface area contributed by atoms with E-state index < -0.39 is 33.9 Å². The molecule has 0 amide bonds. The van der Waals surface area contributed by atoms with Crippen LogP contribution < -0.4 is 5.73 Å². The molecular formula is C15H12FN3O6. The average Bonchev–Trinajstić information content (AvgIpc) is 2.59. The molecule has 1 aromatic carbocycles. The van der Waals surface area contributed by atoms with E-state index in [0.717, 1.165) is 26.5 Å². The summed E-state index contributed by atoms with van der Waals surface area (Å²) in [5, 5.41) is 11.2. The number of nitro benzene ring substituents is 1. The first-order valence-corrected chi connectivity index (χ1v) is 6.70. The predicted molar refractivity (Wildman–Crippen MR) is 83.4 cm³/mol. The summed E-state index contributed by atoms with van der Waals surface area (Å²) in [6.07, 6.45) is 1.11. The molecule has 1 aromatic heterocycles. The van der Waals surface area contributed by atoms with Crippen molar-refractivity contribution in [2.75, 3.05) is 20.0 Å². The Balaban J connectivity index is 2.62. The van der Waals surface area contributed by atoms with Gasteiger partial charge in [0.2, 0.25) is 0 Å². The second-order valence-corrected chi connectivity index (χ2v) is 4.75. The van der Waals surface area contributed by atoms with Gasteiger partial charge in [0.05, 0.1) is 24.8 Å². The van der Waals surface area contributed by atoms with Gasteiger partial charge in [0.25, 0.3) is 5.69 Å². The maximum absolute atomic E-state index is 14.3. The fourth-order valence-electron chi connectivity index (χ4n) is 2.10. The van der Waals surface area contributed by atoms with E-state index in [-0.39, 0.29) is 22.5 Å². The summed E-state index contributed by atoms with van der Waals surface area (Å²) in [6.45, 7) is 0. The Hall–Kier alpha value is -3.56. The first-order chi connectivity index (χ1) is 11.8. The van der Waals surface area contributed by atoms with E-state index in [0.29, 0.717) is 6.07 Å². The number of hydrogen-bond donors (Lipinski definition) is 1. The molecule has 0 atom stereocenters. The summed E-state index contributed by atoms with van der Waals surface area (Å²) in [7, 11) is 2.17. The second-order valence-electron chi connectivity index (χ2n) is 4.75. The Labute approximate surface area is 140 Å². The largest absolute Gasteiger partial charge is 0.465 e. The number of methoxy groups -OCH3 is 2. The van der Waals surface area contributed by atoms with Crippen LogP contribution in [0.15, 0.2) is 24.4 Å². The number of aromatic nitrogens is 1. The van der Waals surface area contributed by atoms with Gasteiger partial charge in [0.15, 0.2) is 5.69 Å². The molecule has 1 heterocycles. The standard InChI is InChI=1S/C15H12FN3O6/c1-24-14(20)9-4-10(16)8(5-12(9)19(22)23)7-3-11(17)13(18-6-7)15(21)25-2/h3-6H,17H2,1-2H3. The van der Waals surface area contributed by atoms with Gasteiger partial charge in [-0.25, -0.2) is 19.0 Å². The summed E-state index contributed by atoms with van der Waals surface area (Å²) in [5.74, 6) is -2.75. The maximum Gasteiger partial charge on any atom is 0.358 e. The molecule has 0 fully saturated rings. The Bertz CT molecular complexity index is 884. The molecule has 2 rings (SSSR count). The van der Waals surface area contributed by atoms with E-state index in [2.05, 4.69) is 14.5 Å². The highest BCUT2D eigenvalue weighted by Crippen LogP contribution is 2.31. The lowest BCUT2D eigenvalue weighted by Gasteiger charge is -2.09. The van der Waals surface area contributed by atoms with Crippen molar-refractivity contribution in [1.29, 1.82) is 0 Å². The molecule has 2 aromatic rings. The normalized spacial score (nSPS) is 10.2. The zero-order valence-corrected chi connectivity index (χ0v) is 13.1. The fraction of sp³-hybridized carbons (Fsp3) is 0.133. The lowest BCUT2D eigenvalue weighted by atomic mass is 10.0. The van der Waals surface area contributed by atoms with Crippen LogP contribution in [0.4, 0.5) is 15.8 Å². The van der Waals surface area contributed by atoms with E-state index in [1.807, 2.05) is 0 Å². The van der Waals surface area contributed by atoms with Crippen LogP contribution in [0.3, 0.4) is 0 Å². The fourth-order valence-corrected chi connectivity index (χ4v) is 2.10. The van der Waals surface area contributed by atoms with Gasteiger partial charge >= 0.3 is 11.9 Å². The molecular weight excluding hydrogens is 337 g/mol. The van der Waals surface area contributed by atoms with E-state index >= 15 is 0 Å². The molecule has 0 bridgehead atoms. The van der Waals surface area contributed by atoms with Crippen LogP contribution in [0.25, 0.3) is 11.1 Å². The van der Waals surface area contributed by atoms with Gasteiger partial charge in [-0.1, -0.05) is 0 Å². The minimum absolute atomic E-state index is 0.0853. The van der Waals surface area contributed by atoms with Crippen molar-refractivity contribution < 1.29 is 28.4 Å². The van der Waals surface area contributed by atoms with Crippen LogP contribution in [0.2, 0.25) is 0 Å².